The molecule has 0 unspecified atom stereocenters. The van der Waals surface area contributed by atoms with Gasteiger partial charge in [-0.15, -0.1) is 0 Å². The van der Waals surface area contributed by atoms with E-state index < -0.39 is 0 Å². The van der Waals surface area contributed by atoms with Crippen LogP contribution in [0.15, 0.2) is 42.6 Å². The van der Waals surface area contributed by atoms with Gasteiger partial charge in [-0.2, -0.15) is 0 Å². The molecule has 3 nitrogen and oxygen atoms in total. The number of imidazole rings is 1. The molecule has 3 rings (SSSR count). The van der Waals surface area contributed by atoms with Crippen molar-refractivity contribution in [1.82, 2.24) is 9.38 Å². The topological polar surface area (TPSA) is 43.3 Å². The Morgan fingerprint density at radius 2 is 1.95 bits per heavy atom. The quantitative estimate of drug-likeness (QED) is 0.790. The van der Waals surface area contributed by atoms with E-state index in [1.165, 1.54) is 22.4 Å². The first-order valence-corrected chi connectivity index (χ1v) is 6.95. The molecular weight excluding hydrogens is 246 g/mol. The Labute approximate surface area is 119 Å². The lowest BCUT2D eigenvalue weighted by atomic mass is 9.99. The molecule has 0 atom stereocenters. The van der Waals surface area contributed by atoms with Crippen LogP contribution in [0.2, 0.25) is 0 Å². The minimum absolute atomic E-state index is 0.626. The molecule has 20 heavy (non-hydrogen) atoms. The van der Waals surface area contributed by atoms with Crippen LogP contribution in [0.4, 0.5) is 0 Å². The molecule has 0 spiro atoms. The Morgan fingerprint density at radius 1 is 1.10 bits per heavy atom. The van der Waals surface area contributed by atoms with Crippen LogP contribution in [-0.2, 0) is 6.42 Å². The van der Waals surface area contributed by atoms with E-state index in [2.05, 4.69) is 42.6 Å². The molecule has 0 saturated carbocycles. The highest BCUT2D eigenvalue weighted by molar-refractivity contribution is 5.70. The van der Waals surface area contributed by atoms with Crippen LogP contribution in [0.25, 0.3) is 16.9 Å². The number of fused-ring (bicyclic) bond motifs is 1. The molecular formula is C17H19N3. The van der Waals surface area contributed by atoms with E-state index in [4.69, 9.17) is 10.7 Å². The lowest BCUT2D eigenvalue weighted by molar-refractivity contribution is 0.907. The third kappa shape index (κ3) is 2.00. The number of hydrogen-bond donors (Lipinski definition) is 1. The molecule has 0 fully saturated rings. The smallest absolute Gasteiger partial charge is 0.137 e. The number of aromatic nitrogens is 2. The summed E-state index contributed by atoms with van der Waals surface area (Å²) in [6.07, 6.45) is 2.88. The lowest BCUT2D eigenvalue weighted by Gasteiger charge is -2.08. The molecule has 0 bridgehead atoms. The lowest BCUT2D eigenvalue weighted by Crippen LogP contribution is -2.06. The molecule has 3 heteroatoms. The van der Waals surface area contributed by atoms with Gasteiger partial charge in [-0.3, -0.25) is 0 Å². The largest absolute Gasteiger partial charge is 0.330 e. The Balaban J connectivity index is 2.29. The highest BCUT2D eigenvalue weighted by Crippen LogP contribution is 2.29. The van der Waals surface area contributed by atoms with Crippen LogP contribution < -0.4 is 5.73 Å². The van der Waals surface area contributed by atoms with Gasteiger partial charge in [0.05, 0.1) is 11.4 Å². The molecule has 1 aromatic carbocycles. The van der Waals surface area contributed by atoms with Gasteiger partial charge >= 0.3 is 0 Å². The van der Waals surface area contributed by atoms with Crippen molar-refractivity contribution >= 4 is 5.65 Å². The Morgan fingerprint density at radius 3 is 2.75 bits per heavy atom. The van der Waals surface area contributed by atoms with Gasteiger partial charge in [0.15, 0.2) is 0 Å². The highest BCUT2D eigenvalue weighted by atomic mass is 15.0. The molecule has 0 radical (unpaired) electrons. The minimum atomic E-state index is 0.626. The monoisotopic (exact) mass is 265 g/mol. The van der Waals surface area contributed by atoms with Crippen molar-refractivity contribution in [3.63, 3.8) is 0 Å². The summed E-state index contributed by atoms with van der Waals surface area (Å²) in [6, 6.07) is 12.5. The maximum absolute atomic E-state index is 5.78. The maximum atomic E-state index is 5.78. The van der Waals surface area contributed by atoms with Crippen molar-refractivity contribution in [3.05, 3.63) is 59.4 Å². The summed E-state index contributed by atoms with van der Waals surface area (Å²) >= 11 is 0. The molecule has 0 saturated heterocycles. The zero-order chi connectivity index (χ0) is 14.1. The number of pyridine rings is 1. The van der Waals surface area contributed by atoms with Crippen LogP contribution in [0.3, 0.4) is 0 Å². The molecule has 2 N–H and O–H groups in total. The summed E-state index contributed by atoms with van der Waals surface area (Å²) in [5, 5.41) is 0. The van der Waals surface area contributed by atoms with E-state index in [0.717, 1.165) is 17.8 Å². The fourth-order valence-corrected chi connectivity index (χ4v) is 2.65. The summed E-state index contributed by atoms with van der Waals surface area (Å²) < 4.78 is 2.14. The molecule has 0 aliphatic heterocycles. The number of hydrogen-bond acceptors (Lipinski definition) is 2. The molecule has 0 aliphatic rings. The fourth-order valence-electron chi connectivity index (χ4n) is 2.65. The second-order valence-electron chi connectivity index (χ2n) is 5.12. The van der Waals surface area contributed by atoms with Crippen molar-refractivity contribution in [2.45, 2.75) is 20.3 Å². The number of aryl methyl sites for hydroxylation is 1. The average molecular weight is 265 g/mol. The van der Waals surface area contributed by atoms with E-state index in [9.17, 15) is 0 Å². The summed E-state index contributed by atoms with van der Waals surface area (Å²) in [7, 11) is 0. The normalized spacial score (nSPS) is 11.2. The highest BCUT2D eigenvalue weighted by Gasteiger charge is 2.15. The maximum Gasteiger partial charge on any atom is 0.137 e. The van der Waals surface area contributed by atoms with Gasteiger partial charge in [0.25, 0.3) is 0 Å². The standard InChI is InChI=1S/C17H19N3/c1-12-6-5-7-14(13(12)2)17-15(9-10-18)20-11-4-3-8-16(20)19-17/h3-8,11H,9-10,18H2,1-2H3. The third-order valence-electron chi connectivity index (χ3n) is 3.87. The van der Waals surface area contributed by atoms with Crippen LogP contribution in [-0.4, -0.2) is 15.9 Å². The van der Waals surface area contributed by atoms with Crippen molar-refractivity contribution in [3.8, 4) is 11.3 Å². The summed E-state index contributed by atoms with van der Waals surface area (Å²) in [6.45, 7) is 4.92. The van der Waals surface area contributed by atoms with Crippen molar-refractivity contribution in [2.75, 3.05) is 6.54 Å². The fraction of sp³-hybridized carbons (Fsp3) is 0.235. The number of benzene rings is 1. The minimum Gasteiger partial charge on any atom is -0.330 e. The summed E-state index contributed by atoms with van der Waals surface area (Å²) in [5.41, 5.74) is 12.8. The van der Waals surface area contributed by atoms with E-state index in [1.807, 2.05) is 18.2 Å². The molecule has 3 aromatic rings. The Hall–Kier alpha value is -2.13. The molecule has 0 aliphatic carbocycles. The predicted molar refractivity (Wildman–Crippen MR) is 82.9 cm³/mol. The molecule has 0 amide bonds. The van der Waals surface area contributed by atoms with Gasteiger partial charge in [0.1, 0.15) is 5.65 Å². The number of nitrogens with two attached hydrogens (primary N) is 1. The van der Waals surface area contributed by atoms with Crippen LogP contribution in [0.1, 0.15) is 16.8 Å². The van der Waals surface area contributed by atoms with Crippen LogP contribution in [0, 0.1) is 13.8 Å². The predicted octanol–water partition coefficient (Wildman–Crippen LogP) is 3.12. The van der Waals surface area contributed by atoms with Gasteiger partial charge in [0, 0.05) is 18.2 Å². The zero-order valence-corrected chi connectivity index (χ0v) is 11.9. The Bertz CT molecular complexity index is 756. The second kappa shape index (κ2) is 5.10. The first kappa shape index (κ1) is 12.9. The third-order valence-corrected chi connectivity index (χ3v) is 3.87. The SMILES string of the molecule is Cc1cccc(-c2nc3ccccn3c2CCN)c1C. The van der Waals surface area contributed by atoms with Gasteiger partial charge in [-0.05, 0) is 43.7 Å². The van der Waals surface area contributed by atoms with Crippen molar-refractivity contribution in [1.29, 1.82) is 0 Å². The van der Waals surface area contributed by atoms with Gasteiger partial charge in [0.2, 0.25) is 0 Å². The summed E-state index contributed by atoms with van der Waals surface area (Å²) in [5.74, 6) is 0. The van der Waals surface area contributed by atoms with E-state index in [-0.39, 0.29) is 0 Å². The van der Waals surface area contributed by atoms with Crippen molar-refractivity contribution < 1.29 is 0 Å². The number of rotatable bonds is 3. The van der Waals surface area contributed by atoms with Gasteiger partial charge < -0.3 is 10.1 Å². The van der Waals surface area contributed by atoms with Crippen LogP contribution >= 0.6 is 0 Å². The first-order chi connectivity index (χ1) is 9.72. The van der Waals surface area contributed by atoms with Gasteiger partial charge in [-0.25, -0.2) is 4.98 Å². The molecule has 2 aromatic heterocycles. The van der Waals surface area contributed by atoms with Crippen molar-refractivity contribution in [2.24, 2.45) is 5.73 Å². The Kier molecular flexibility index (Phi) is 3.28. The van der Waals surface area contributed by atoms with Crippen LogP contribution in [0.5, 0.6) is 0 Å². The molecule has 102 valence electrons. The van der Waals surface area contributed by atoms with E-state index in [0.29, 0.717) is 6.54 Å². The number of nitrogens with zero attached hydrogens (tertiary/aromatic N) is 2. The second-order valence-corrected chi connectivity index (χ2v) is 5.12. The first-order valence-electron chi connectivity index (χ1n) is 6.95. The summed E-state index contributed by atoms with van der Waals surface area (Å²) in [4.78, 5) is 4.81. The molecule has 2 heterocycles. The zero-order valence-electron chi connectivity index (χ0n) is 11.9. The van der Waals surface area contributed by atoms with Gasteiger partial charge in [-0.1, -0.05) is 24.3 Å². The van der Waals surface area contributed by atoms with E-state index >= 15 is 0 Å². The van der Waals surface area contributed by atoms with E-state index in [1.54, 1.807) is 0 Å². The average Bonchev–Trinajstić information content (AvgIpc) is 2.81.